The van der Waals surface area contributed by atoms with Gasteiger partial charge in [0.2, 0.25) is 5.91 Å². The first kappa shape index (κ1) is 15.9. The third-order valence-corrected chi connectivity index (χ3v) is 3.50. The Morgan fingerprint density at radius 3 is 2.59 bits per heavy atom. The van der Waals surface area contributed by atoms with Crippen molar-refractivity contribution >= 4 is 23.3 Å². The molecular formula is C14H16N2O6. The van der Waals surface area contributed by atoms with Crippen LogP contribution in [0.15, 0.2) is 24.3 Å². The van der Waals surface area contributed by atoms with Crippen molar-refractivity contribution < 1.29 is 24.4 Å². The van der Waals surface area contributed by atoms with Crippen LogP contribution in [0.5, 0.6) is 0 Å². The molecule has 1 aromatic carbocycles. The van der Waals surface area contributed by atoms with Gasteiger partial charge in [0, 0.05) is 30.8 Å². The van der Waals surface area contributed by atoms with Crippen LogP contribution in [-0.2, 0) is 14.3 Å². The molecule has 0 saturated carbocycles. The molecule has 0 bridgehead atoms. The van der Waals surface area contributed by atoms with E-state index in [0.29, 0.717) is 18.7 Å². The summed E-state index contributed by atoms with van der Waals surface area (Å²) in [4.78, 5) is 33.2. The summed E-state index contributed by atoms with van der Waals surface area (Å²) >= 11 is 0. The predicted molar refractivity (Wildman–Crippen MR) is 76.4 cm³/mol. The molecular weight excluding hydrogens is 292 g/mol. The summed E-state index contributed by atoms with van der Waals surface area (Å²) in [5, 5.41) is 22.3. The van der Waals surface area contributed by atoms with Gasteiger partial charge in [0.25, 0.3) is 5.69 Å². The summed E-state index contributed by atoms with van der Waals surface area (Å²) in [5.41, 5.74) is 0.299. The van der Waals surface area contributed by atoms with Crippen molar-refractivity contribution in [3.8, 4) is 0 Å². The molecule has 0 aromatic heterocycles. The number of carboxylic acids is 1. The lowest BCUT2D eigenvalue weighted by Crippen LogP contribution is -2.31. The summed E-state index contributed by atoms with van der Waals surface area (Å²) < 4.78 is 5.33. The lowest BCUT2D eigenvalue weighted by Gasteiger charge is -2.18. The van der Waals surface area contributed by atoms with Crippen LogP contribution in [0.2, 0.25) is 0 Å². The number of nitrogens with zero attached hydrogens (tertiary/aromatic N) is 1. The Labute approximate surface area is 126 Å². The van der Waals surface area contributed by atoms with Gasteiger partial charge in [-0.2, -0.15) is 0 Å². The first-order valence-electron chi connectivity index (χ1n) is 6.86. The van der Waals surface area contributed by atoms with Gasteiger partial charge in [0.15, 0.2) is 0 Å². The molecule has 22 heavy (non-hydrogen) atoms. The topological polar surface area (TPSA) is 119 Å². The molecule has 1 aliphatic rings. The Balaban J connectivity index is 1.95. The number of nitro groups is 1. The zero-order valence-electron chi connectivity index (χ0n) is 11.7. The molecule has 2 unspecified atom stereocenters. The molecule has 1 aliphatic heterocycles. The molecule has 1 heterocycles. The van der Waals surface area contributed by atoms with Crippen molar-refractivity contribution in [2.24, 2.45) is 5.92 Å². The molecule has 1 amide bonds. The molecule has 2 N–H and O–H groups in total. The van der Waals surface area contributed by atoms with Gasteiger partial charge in [-0.15, -0.1) is 0 Å². The van der Waals surface area contributed by atoms with Gasteiger partial charge in [-0.25, -0.2) is 0 Å². The molecule has 8 heteroatoms. The fourth-order valence-corrected chi connectivity index (χ4v) is 2.38. The average molecular weight is 308 g/mol. The standard InChI is InChI=1S/C14H16N2O6/c17-13(8-11(14(18)19)12-2-1-7-22-12)15-9-3-5-10(6-4-9)16(20)21/h3-6,11-12H,1-2,7-8H2,(H,15,17)(H,18,19). The molecule has 1 saturated heterocycles. The first-order valence-corrected chi connectivity index (χ1v) is 6.86. The number of benzene rings is 1. The van der Waals surface area contributed by atoms with E-state index < -0.39 is 28.8 Å². The summed E-state index contributed by atoms with van der Waals surface area (Å²) in [6.07, 6.45) is 0.775. The van der Waals surface area contributed by atoms with Gasteiger partial charge in [-0.3, -0.25) is 19.7 Å². The smallest absolute Gasteiger partial charge is 0.309 e. The number of carboxylic acid groups (broad SMARTS) is 1. The second-order valence-electron chi connectivity index (χ2n) is 5.05. The van der Waals surface area contributed by atoms with Crippen molar-refractivity contribution in [3.05, 3.63) is 34.4 Å². The van der Waals surface area contributed by atoms with E-state index in [9.17, 15) is 24.8 Å². The summed E-state index contributed by atoms with van der Waals surface area (Å²) in [6.45, 7) is 0.512. The maximum atomic E-state index is 11.9. The summed E-state index contributed by atoms with van der Waals surface area (Å²) in [6, 6.07) is 5.34. The van der Waals surface area contributed by atoms with Gasteiger partial charge < -0.3 is 15.2 Å². The van der Waals surface area contributed by atoms with Gasteiger partial charge >= 0.3 is 5.97 Å². The number of carbonyl (C=O) groups is 2. The maximum Gasteiger partial charge on any atom is 0.309 e. The molecule has 1 fully saturated rings. The van der Waals surface area contributed by atoms with Gasteiger partial charge in [-0.1, -0.05) is 0 Å². The number of anilines is 1. The monoisotopic (exact) mass is 308 g/mol. The van der Waals surface area contributed by atoms with Crippen LogP contribution >= 0.6 is 0 Å². The van der Waals surface area contributed by atoms with Crippen molar-refractivity contribution in [2.75, 3.05) is 11.9 Å². The van der Waals surface area contributed by atoms with E-state index in [0.717, 1.165) is 6.42 Å². The number of hydrogen-bond donors (Lipinski definition) is 2. The lowest BCUT2D eigenvalue weighted by atomic mass is 9.96. The van der Waals surface area contributed by atoms with Crippen LogP contribution in [0.1, 0.15) is 19.3 Å². The van der Waals surface area contributed by atoms with Gasteiger partial charge in [0.1, 0.15) is 0 Å². The van der Waals surface area contributed by atoms with Crippen LogP contribution < -0.4 is 5.32 Å². The highest BCUT2D eigenvalue weighted by atomic mass is 16.6. The zero-order chi connectivity index (χ0) is 16.1. The molecule has 0 spiro atoms. The number of nitro benzene ring substituents is 1. The van der Waals surface area contributed by atoms with E-state index in [4.69, 9.17) is 4.74 Å². The normalized spacial score (nSPS) is 18.6. The van der Waals surface area contributed by atoms with Gasteiger partial charge in [0.05, 0.1) is 16.9 Å². The second-order valence-corrected chi connectivity index (χ2v) is 5.05. The lowest BCUT2D eigenvalue weighted by molar-refractivity contribution is -0.384. The summed E-state index contributed by atoms with van der Waals surface area (Å²) in [7, 11) is 0. The van der Waals surface area contributed by atoms with Crippen LogP contribution in [0.4, 0.5) is 11.4 Å². The van der Waals surface area contributed by atoms with Crippen molar-refractivity contribution in [3.63, 3.8) is 0 Å². The molecule has 1 aromatic rings. The number of non-ortho nitro benzene ring substituents is 1. The highest BCUT2D eigenvalue weighted by molar-refractivity contribution is 5.93. The Hall–Kier alpha value is -2.48. The summed E-state index contributed by atoms with van der Waals surface area (Å²) in [5.74, 6) is -2.41. The van der Waals surface area contributed by atoms with Crippen molar-refractivity contribution in [1.82, 2.24) is 0 Å². The number of nitrogens with one attached hydrogen (secondary N) is 1. The third kappa shape index (κ3) is 4.01. The van der Waals surface area contributed by atoms with Crippen LogP contribution in [0, 0.1) is 16.0 Å². The largest absolute Gasteiger partial charge is 0.481 e. The fourth-order valence-electron chi connectivity index (χ4n) is 2.38. The van der Waals surface area contributed by atoms with Gasteiger partial charge in [-0.05, 0) is 25.0 Å². The molecule has 0 aliphatic carbocycles. The molecule has 0 radical (unpaired) electrons. The van der Waals surface area contributed by atoms with Crippen LogP contribution in [0.3, 0.4) is 0 Å². The predicted octanol–water partition coefficient (Wildman–Crippen LogP) is 1.80. The fraction of sp³-hybridized carbons (Fsp3) is 0.429. The van der Waals surface area contributed by atoms with E-state index in [1.807, 2.05) is 0 Å². The first-order chi connectivity index (χ1) is 10.5. The second kappa shape index (κ2) is 6.99. The van der Waals surface area contributed by atoms with Crippen molar-refractivity contribution in [2.45, 2.75) is 25.4 Å². The minimum absolute atomic E-state index is 0.0826. The van der Waals surface area contributed by atoms with E-state index in [-0.39, 0.29) is 12.1 Å². The number of carbonyl (C=O) groups excluding carboxylic acids is 1. The SMILES string of the molecule is O=C(CC(C(=O)O)C1CCCO1)Nc1ccc([N+](=O)[O-])cc1. The number of hydrogen-bond acceptors (Lipinski definition) is 5. The third-order valence-electron chi connectivity index (χ3n) is 3.50. The number of ether oxygens (including phenoxy) is 1. The molecule has 118 valence electrons. The zero-order valence-corrected chi connectivity index (χ0v) is 11.7. The highest BCUT2D eigenvalue weighted by Crippen LogP contribution is 2.24. The Bertz CT molecular complexity index is 565. The Morgan fingerprint density at radius 2 is 2.09 bits per heavy atom. The minimum Gasteiger partial charge on any atom is -0.481 e. The Morgan fingerprint density at radius 1 is 1.41 bits per heavy atom. The van der Waals surface area contributed by atoms with E-state index in [2.05, 4.69) is 5.32 Å². The molecule has 2 atom stereocenters. The van der Waals surface area contributed by atoms with E-state index in [1.54, 1.807) is 0 Å². The van der Waals surface area contributed by atoms with E-state index >= 15 is 0 Å². The molecule has 2 rings (SSSR count). The number of amides is 1. The Kier molecular flexibility index (Phi) is 5.05. The minimum atomic E-state index is -1.06. The van der Waals surface area contributed by atoms with E-state index in [1.165, 1.54) is 24.3 Å². The van der Waals surface area contributed by atoms with Crippen LogP contribution in [-0.4, -0.2) is 34.6 Å². The molecule has 8 nitrogen and oxygen atoms in total. The number of rotatable bonds is 6. The average Bonchev–Trinajstić information content (AvgIpc) is 2.99. The quantitative estimate of drug-likeness (QED) is 0.611. The van der Waals surface area contributed by atoms with Crippen LogP contribution in [0.25, 0.3) is 0 Å². The maximum absolute atomic E-state index is 11.9. The highest BCUT2D eigenvalue weighted by Gasteiger charge is 2.33. The van der Waals surface area contributed by atoms with Crippen molar-refractivity contribution in [1.29, 1.82) is 0 Å². The number of aliphatic carboxylic acids is 1.